The van der Waals surface area contributed by atoms with Gasteiger partial charge < -0.3 is 0 Å². The standard InChI is InChI=1S/C13H12Br2O2/c1-7-2-11(14)13(12(15)3-7)8-4-9(16)6-10(17)5-8/h2-3,8H,4-6H2,1H3. The molecule has 2 nitrogen and oxygen atoms in total. The van der Waals surface area contributed by atoms with E-state index in [1.807, 2.05) is 19.1 Å². The average Bonchev–Trinajstić information content (AvgIpc) is 2.13. The highest BCUT2D eigenvalue weighted by molar-refractivity contribution is 9.11. The van der Waals surface area contributed by atoms with Gasteiger partial charge in [-0.2, -0.15) is 0 Å². The van der Waals surface area contributed by atoms with E-state index in [4.69, 9.17) is 0 Å². The maximum Gasteiger partial charge on any atom is 0.140 e. The van der Waals surface area contributed by atoms with E-state index in [0.29, 0.717) is 12.8 Å². The van der Waals surface area contributed by atoms with Crippen LogP contribution in [0.4, 0.5) is 0 Å². The number of carbonyl (C=O) groups excluding carboxylic acids is 2. The molecule has 0 atom stereocenters. The van der Waals surface area contributed by atoms with E-state index >= 15 is 0 Å². The van der Waals surface area contributed by atoms with Crippen LogP contribution in [0.2, 0.25) is 0 Å². The monoisotopic (exact) mass is 358 g/mol. The van der Waals surface area contributed by atoms with E-state index in [-0.39, 0.29) is 23.9 Å². The molecule has 0 radical (unpaired) electrons. The maximum absolute atomic E-state index is 11.5. The van der Waals surface area contributed by atoms with Crippen LogP contribution in [0.5, 0.6) is 0 Å². The molecule has 0 bridgehead atoms. The summed E-state index contributed by atoms with van der Waals surface area (Å²) in [6.07, 6.45) is 1.04. The zero-order valence-electron chi connectivity index (χ0n) is 9.43. The Hall–Kier alpha value is -0.480. The summed E-state index contributed by atoms with van der Waals surface area (Å²) in [5, 5.41) is 0. The van der Waals surface area contributed by atoms with Crippen LogP contribution in [0.15, 0.2) is 21.1 Å². The number of ketones is 2. The number of halogens is 2. The van der Waals surface area contributed by atoms with Crippen molar-refractivity contribution in [3.63, 3.8) is 0 Å². The van der Waals surface area contributed by atoms with Crippen molar-refractivity contribution in [1.82, 2.24) is 0 Å². The summed E-state index contributed by atoms with van der Waals surface area (Å²) in [5.41, 5.74) is 2.18. The molecule has 1 aliphatic carbocycles. The Kier molecular flexibility index (Phi) is 3.83. The Labute approximate surface area is 117 Å². The van der Waals surface area contributed by atoms with Gasteiger partial charge in [0.25, 0.3) is 0 Å². The molecular formula is C13H12Br2O2. The van der Waals surface area contributed by atoms with E-state index in [0.717, 1.165) is 20.1 Å². The molecule has 1 aromatic carbocycles. The van der Waals surface area contributed by atoms with Crippen molar-refractivity contribution in [2.24, 2.45) is 0 Å². The van der Waals surface area contributed by atoms with Crippen LogP contribution in [0, 0.1) is 6.92 Å². The van der Waals surface area contributed by atoms with Gasteiger partial charge >= 0.3 is 0 Å². The highest BCUT2D eigenvalue weighted by Gasteiger charge is 2.29. The smallest absolute Gasteiger partial charge is 0.140 e. The molecule has 0 spiro atoms. The van der Waals surface area contributed by atoms with Crippen molar-refractivity contribution >= 4 is 43.4 Å². The third-order valence-corrected chi connectivity index (χ3v) is 4.29. The Morgan fingerprint density at radius 2 is 1.53 bits per heavy atom. The second kappa shape index (κ2) is 5.02. The van der Waals surface area contributed by atoms with Gasteiger partial charge in [0.1, 0.15) is 11.6 Å². The van der Waals surface area contributed by atoms with Crippen molar-refractivity contribution in [3.05, 3.63) is 32.2 Å². The highest BCUT2D eigenvalue weighted by Crippen LogP contribution is 2.39. The summed E-state index contributed by atoms with van der Waals surface area (Å²) in [7, 11) is 0. The van der Waals surface area contributed by atoms with E-state index in [2.05, 4.69) is 31.9 Å². The Morgan fingerprint density at radius 1 is 1.06 bits per heavy atom. The van der Waals surface area contributed by atoms with E-state index in [1.54, 1.807) is 0 Å². The average molecular weight is 360 g/mol. The zero-order valence-corrected chi connectivity index (χ0v) is 12.6. The summed E-state index contributed by atoms with van der Waals surface area (Å²) in [4.78, 5) is 23.0. The third kappa shape index (κ3) is 2.86. The lowest BCUT2D eigenvalue weighted by Crippen LogP contribution is -2.21. The van der Waals surface area contributed by atoms with Crippen molar-refractivity contribution in [2.75, 3.05) is 0 Å². The van der Waals surface area contributed by atoms with Gasteiger partial charge in [-0.1, -0.05) is 31.9 Å². The van der Waals surface area contributed by atoms with E-state index in [9.17, 15) is 9.59 Å². The van der Waals surface area contributed by atoms with Gasteiger partial charge in [0.2, 0.25) is 0 Å². The van der Waals surface area contributed by atoms with Crippen molar-refractivity contribution in [3.8, 4) is 0 Å². The van der Waals surface area contributed by atoms with Gasteiger partial charge in [0.05, 0.1) is 6.42 Å². The number of rotatable bonds is 1. The quantitative estimate of drug-likeness (QED) is 0.712. The molecule has 1 saturated carbocycles. The summed E-state index contributed by atoms with van der Waals surface area (Å²) in [6.45, 7) is 2.01. The summed E-state index contributed by atoms with van der Waals surface area (Å²) in [5.74, 6) is 0.101. The minimum Gasteiger partial charge on any atom is -0.299 e. The molecule has 0 heterocycles. The fraction of sp³-hybridized carbons (Fsp3) is 0.385. The van der Waals surface area contributed by atoms with Gasteiger partial charge in [0, 0.05) is 21.8 Å². The Balaban J connectivity index is 2.40. The first kappa shape index (κ1) is 13.0. The molecule has 0 amide bonds. The lowest BCUT2D eigenvalue weighted by Gasteiger charge is -2.23. The van der Waals surface area contributed by atoms with Crippen LogP contribution >= 0.6 is 31.9 Å². The molecule has 2 rings (SSSR count). The van der Waals surface area contributed by atoms with Crippen LogP contribution in [0.25, 0.3) is 0 Å². The Bertz CT molecular complexity index is 455. The molecule has 0 saturated heterocycles. The minimum atomic E-state index is 0.00750. The molecule has 0 aromatic heterocycles. The first-order valence-corrected chi connectivity index (χ1v) is 7.05. The predicted molar refractivity (Wildman–Crippen MR) is 73.2 cm³/mol. The fourth-order valence-electron chi connectivity index (χ4n) is 2.29. The van der Waals surface area contributed by atoms with Gasteiger partial charge in [-0.25, -0.2) is 0 Å². The molecule has 0 N–H and O–H groups in total. The van der Waals surface area contributed by atoms with Gasteiger partial charge in [0.15, 0.2) is 0 Å². The number of aryl methyl sites for hydroxylation is 1. The number of Topliss-reactive ketones (excluding diaryl/α,β-unsaturated/α-hetero) is 2. The van der Waals surface area contributed by atoms with Crippen molar-refractivity contribution < 1.29 is 9.59 Å². The van der Waals surface area contributed by atoms with Crippen molar-refractivity contribution in [2.45, 2.75) is 32.1 Å². The first-order chi connectivity index (χ1) is 7.97. The Morgan fingerprint density at radius 3 is 2.00 bits per heavy atom. The number of benzene rings is 1. The number of hydrogen-bond donors (Lipinski definition) is 0. The number of carbonyl (C=O) groups is 2. The molecule has 0 unspecified atom stereocenters. The lowest BCUT2D eigenvalue weighted by molar-refractivity contribution is -0.130. The molecule has 0 aliphatic heterocycles. The molecule has 1 aromatic rings. The summed E-state index contributed by atoms with van der Waals surface area (Å²) >= 11 is 7.04. The van der Waals surface area contributed by atoms with Crippen LogP contribution in [0.3, 0.4) is 0 Å². The van der Waals surface area contributed by atoms with Gasteiger partial charge in [-0.15, -0.1) is 0 Å². The van der Waals surface area contributed by atoms with Crippen LogP contribution < -0.4 is 0 Å². The summed E-state index contributed by atoms with van der Waals surface area (Å²) in [6, 6.07) is 4.04. The third-order valence-electron chi connectivity index (χ3n) is 2.97. The second-order valence-electron chi connectivity index (χ2n) is 4.50. The van der Waals surface area contributed by atoms with Crippen LogP contribution in [-0.4, -0.2) is 11.6 Å². The topological polar surface area (TPSA) is 34.1 Å². The molecule has 4 heteroatoms. The second-order valence-corrected chi connectivity index (χ2v) is 6.21. The zero-order chi connectivity index (χ0) is 12.6. The largest absolute Gasteiger partial charge is 0.299 e. The molecule has 90 valence electrons. The first-order valence-electron chi connectivity index (χ1n) is 5.46. The summed E-state index contributed by atoms with van der Waals surface area (Å²) < 4.78 is 1.94. The lowest BCUT2D eigenvalue weighted by atomic mass is 9.82. The fourth-order valence-corrected chi connectivity index (χ4v) is 4.35. The molecule has 1 fully saturated rings. The molecule has 17 heavy (non-hydrogen) atoms. The van der Waals surface area contributed by atoms with Crippen LogP contribution in [-0.2, 0) is 9.59 Å². The van der Waals surface area contributed by atoms with Crippen LogP contribution in [0.1, 0.15) is 36.3 Å². The molecule has 1 aliphatic rings. The van der Waals surface area contributed by atoms with E-state index < -0.39 is 0 Å². The van der Waals surface area contributed by atoms with Gasteiger partial charge in [-0.05, 0) is 36.1 Å². The number of hydrogen-bond acceptors (Lipinski definition) is 2. The van der Waals surface area contributed by atoms with Gasteiger partial charge in [-0.3, -0.25) is 9.59 Å². The minimum absolute atomic E-state index is 0.00750. The molecular weight excluding hydrogens is 348 g/mol. The maximum atomic E-state index is 11.5. The predicted octanol–water partition coefficient (Wildman–Crippen LogP) is 3.93. The highest BCUT2D eigenvalue weighted by atomic mass is 79.9. The van der Waals surface area contributed by atoms with Crippen molar-refractivity contribution in [1.29, 1.82) is 0 Å². The SMILES string of the molecule is Cc1cc(Br)c(C2CC(=O)CC(=O)C2)c(Br)c1. The normalized spacial score (nSPS) is 17.6. The van der Waals surface area contributed by atoms with E-state index in [1.165, 1.54) is 0 Å².